The number of nitrogens with zero attached hydrogens (tertiary/aromatic N) is 2. The SMILES string of the molecule is CN=C(NCCOc1ccc2c(c1)CCC(=O)N2)NCc1ccccn1.I. The van der Waals surface area contributed by atoms with Crippen molar-refractivity contribution in [1.29, 1.82) is 0 Å². The Kier molecular flexibility index (Phi) is 8.31. The van der Waals surface area contributed by atoms with Crippen molar-refractivity contribution >= 4 is 41.5 Å². The number of ether oxygens (including phenoxy) is 1. The number of carbonyl (C=O) groups is 1. The molecule has 144 valence electrons. The number of rotatable bonds is 6. The standard InChI is InChI=1S/C19H23N5O2.HI/c1-20-19(23-13-15-4-2-3-9-21-15)22-10-11-26-16-6-7-17-14(12-16)5-8-18(25)24-17;/h2-4,6-7,9,12H,5,8,10-11,13H2,1H3,(H,24,25)(H2,20,22,23);1H. The van der Waals surface area contributed by atoms with E-state index in [1.54, 1.807) is 13.2 Å². The lowest BCUT2D eigenvalue weighted by atomic mass is 10.0. The van der Waals surface area contributed by atoms with Crippen LogP contribution >= 0.6 is 24.0 Å². The third-order valence-corrected chi connectivity index (χ3v) is 4.02. The number of fused-ring (bicyclic) bond motifs is 1. The number of amides is 1. The Morgan fingerprint density at radius 1 is 1.26 bits per heavy atom. The Morgan fingerprint density at radius 3 is 2.93 bits per heavy atom. The second-order valence-corrected chi connectivity index (χ2v) is 5.89. The fourth-order valence-electron chi connectivity index (χ4n) is 2.69. The van der Waals surface area contributed by atoms with Crippen molar-refractivity contribution in [1.82, 2.24) is 15.6 Å². The Morgan fingerprint density at radius 2 is 2.15 bits per heavy atom. The van der Waals surface area contributed by atoms with Gasteiger partial charge in [0, 0.05) is 25.4 Å². The lowest BCUT2D eigenvalue weighted by molar-refractivity contribution is -0.116. The van der Waals surface area contributed by atoms with Crippen LogP contribution in [0.15, 0.2) is 47.6 Å². The number of carbonyl (C=O) groups excluding carboxylic acids is 1. The third-order valence-electron chi connectivity index (χ3n) is 4.02. The largest absolute Gasteiger partial charge is 0.492 e. The summed E-state index contributed by atoms with van der Waals surface area (Å²) in [6, 6.07) is 11.6. The van der Waals surface area contributed by atoms with Crippen LogP contribution in [0.2, 0.25) is 0 Å². The van der Waals surface area contributed by atoms with Crippen molar-refractivity contribution < 1.29 is 9.53 Å². The van der Waals surface area contributed by atoms with Crippen LogP contribution in [-0.2, 0) is 17.8 Å². The summed E-state index contributed by atoms with van der Waals surface area (Å²) in [5.41, 5.74) is 2.95. The molecule has 1 aromatic heterocycles. The van der Waals surface area contributed by atoms with Gasteiger partial charge in [-0.1, -0.05) is 6.07 Å². The van der Waals surface area contributed by atoms with Crippen LogP contribution in [-0.4, -0.2) is 37.1 Å². The molecule has 0 spiro atoms. The highest BCUT2D eigenvalue weighted by molar-refractivity contribution is 14.0. The maximum absolute atomic E-state index is 11.4. The number of hydrogen-bond acceptors (Lipinski definition) is 4. The lowest BCUT2D eigenvalue weighted by Gasteiger charge is -2.18. The maximum Gasteiger partial charge on any atom is 0.224 e. The second kappa shape index (κ2) is 10.7. The summed E-state index contributed by atoms with van der Waals surface area (Å²) in [7, 11) is 1.73. The number of pyridine rings is 1. The summed E-state index contributed by atoms with van der Waals surface area (Å²) < 4.78 is 5.79. The van der Waals surface area contributed by atoms with Crippen LogP contribution in [0.4, 0.5) is 5.69 Å². The smallest absolute Gasteiger partial charge is 0.224 e. The Bertz CT molecular complexity index is 783. The predicted octanol–water partition coefficient (Wildman–Crippen LogP) is 2.33. The van der Waals surface area contributed by atoms with Crippen molar-refractivity contribution in [2.75, 3.05) is 25.5 Å². The quantitative estimate of drug-likeness (QED) is 0.255. The second-order valence-electron chi connectivity index (χ2n) is 5.89. The van der Waals surface area contributed by atoms with Gasteiger partial charge in [-0.15, -0.1) is 24.0 Å². The molecule has 2 heterocycles. The van der Waals surface area contributed by atoms with Crippen LogP contribution in [0.1, 0.15) is 17.7 Å². The first-order valence-electron chi connectivity index (χ1n) is 8.64. The van der Waals surface area contributed by atoms with Gasteiger partial charge >= 0.3 is 0 Å². The first-order chi connectivity index (χ1) is 12.7. The summed E-state index contributed by atoms with van der Waals surface area (Å²) in [5, 5.41) is 9.29. The fourth-order valence-corrected chi connectivity index (χ4v) is 2.69. The van der Waals surface area contributed by atoms with Gasteiger partial charge in [-0.05, 0) is 42.3 Å². The highest BCUT2D eigenvalue weighted by atomic mass is 127. The van der Waals surface area contributed by atoms with Crippen LogP contribution in [0.25, 0.3) is 0 Å². The number of benzene rings is 1. The molecule has 0 unspecified atom stereocenters. The third kappa shape index (κ3) is 6.38. The molecule has 3 rings (SSSR count). The molecule has 0 saturated carbocycles. The van der Waals surface area contributed by atoms with E-state index in [2.05, 4.69) is 25.9 Å². The van der Waals surface area contributed by atoms with E-state index in [4.69, 9.17) is 4.74 Å². The first-order valence-corrected chi connectivity index (χ1v) is 8.64. The molecule has 0 atom stereocenters. The molecule has 3 N–H and O–H groups in total. The molecule has 2 aromatic rings. The van der Waals surface area contributed by atoms with Gasteiger partial charge in [0.2, 0.25) is 5.91 Å². The van der Waals surface area contributed by atoms with Gasteiger partial charge in [0.25, 0.3) is 0 Å². The molecule has 8 heteroatoms. The molecule has 0 fully saturated rings. The van der Waals surface area contributed by atoms with Gasteiger partial charge in [0.15, 0.2) is 5.96 Å². The van der Waals surface area contributed by atoms with Crippen LogP contribution in [0.5, 0.6) is 5.75 Å². The minimum absolute atomic E-state index is 0. The zero-order valence-corrected chi connectivity index (χ0v) is 17.5. The van der Waals surface area contributed by atoms with Crippen LogP contribution in [0, 0.1) is 0 Å². The molecule has 0 radical (unpaired) electrons. The Hall–Kier alpha value is -2.36. The number of guanidine groups is 1. The zero-order valence-electron chi connectivity index (χ0n) is 15.2. The normalized spacial score (nSPS) is 13.1. The van der Waals surface area contributed by atoms with E-state index in [-0.39, 0.29) is 29.9 Å². The number of anilines is 1. The van der Waals surface area contributed by atoms with Crippen molar-refractivity contribution in [2.24, 2.45) is 4.99 Å². The number of hydrogen-bond donors (Lipinski definition) is 3. The number of aromatic nitrogens is 1. The number of aryl methyl sites for hydroxylation is 1. The predicted molar refractivity (Wildman–Crippen MR) is 117 cm³/mol. The number of aliphatic imine (C=N–C) groups is 1. The van der Waals surface area contributed by atoms with Crippen LogP contribution < -0.4 is 20.7 Å². The van der Waals surface area contributed by atoms with E-state index >= 15 is 0 Å². The number of halogens is 1. The molecule has 1 aliphatic heterocycles. The van der Waals surface area contributed by atoms with Gasteiger partial charge in [0.05, 0.1) is 18.8 Å². The van der Waals surface area contributed by atoms with Crippen LogP contribution in [0.3, 0.4) is 0 Å². The summed E-state index contributed by atoms with van der Waals surface area (Å²) >= 11 is 0. The Labute approximate surface area is 176 Å². The number of nitrogens with one attached hydrogen (secondary N) is 3. The Balaban J connectivity index is 0.00000261. The van der Waals surface area contributed by atoms with Crippen molar-refractivity contribution in [3.8, 4) is 5.75 Å². The fraction of sp³-hybridized carbons (Fsp3) is 0.316. The summed E-state index contributed by atoms with van der Waals surface area (Å²) in [6.45, 7) is 1.74. The zero-order chi connectivity index (χ0) is 18.2. The highest BCUT2D eigenvalue weighted by Gasteiger charge is 2.14. The molecule has 27 heavy (non-hydrogen) atoms. The molecule has 0 aliphatic carbocycles. The monoisotopic (exact) mass is 481 g/mol. The van der Waals surface area contributed by atoms with Gasteiger partial charge < -0.3 is 20.7 Å². The molecule has 1 amide bonds. The average Bonchev–Trinajstić information content (AvgIpc) is 2.68. The van der Waals surface area contributed by atoms with Gasteiger partial charge in [-0.3, -0.25) is 14.8 Å². The molecular weight excluding hydrogens is 457 g/mol. The minimum Gasteiger partial charge on any atom is -0.492 e. The van der Waals surface area contributed by atoms with E-state index in [1.165, 1.54) is 0 Å². The van der Waals surface area contributed by atoms with Crippen molar-refractivity contribution in [3.05, 3.63) is 53.9 Å². The van der Waals surface area contributed by atoms with E-state index in [0.29, 0.717) is 32.1 Å². The van der Waals surface area contributed by atoms with E-state index in [1.807, 2.05) is 36.4 Å². The molecule has 0 bridgehead atoms. The molecule has 1 aliphatic rings. The van der Waals surface area contributed by atoms with Gasteiger partial charge in [-0.2, -0.15) is 0 Å². The average molecular weight is 481 g/mol. The highest BCUT2D eigenvalue weighted by Crippen LogP contribution is 2.26. The molecular formula is C19H24IN5O2. The topological polar surface area (TPSA) is 87.6 Å². The van der Waals surface area contributed by atoms with Crippen molar-refractivity contribution in [3.63, 3.8) is 0 Å². The van der Waals surface area contributed by atoms with Gasteiger partial charge in [0.1, 0.15) is 12.4 Å². The molecule has 1 aromatic carbocycles. The van der Waals surface area contributed by atoms with E-state index in [0.717, 1.165) is 29.1 Å². The maximum atomic E-state index is 11.4. The van der Waals surface area contributed by atoms with E-state index in [9.17, 15) is 4.79 Å². The molecule has 7 nitrogen and oxygen atoms in total. The van der Waals surface area contributed by atoms with Gasteiger partial charge in [-0.25, -0.2) is 0 Å². The summed E-state index contributed by atoms with van der Waals surface area (Å²) in [5.74, 6) is 1.57. The summed E-state index contributed by atoms with van der Waals surface area (Å²) in [6.07, 6.45) is 3.04. The van der Waals surface area contributed by atoms with Crippen molar-refractivity contribution in [2.45, 2.75) is 19.4 Å². The van der Waals surface area contributed by atoms with E-state index < -0.39 is 0 Å². The lowest BCUT2D eigenvalue weighted by Crippen LogP contribution is -2.39. The molecule has 0 saturated heterocycles. The minimum atomic E-state index is 0. The summed E-state index contributed by atoms with van der Waals surface area (Å²) in [4.78, 5) is 19.8. The first kappa shape index (κ1) is 20.9.